The third-order valence-corrected chi connectivity index (χ3v) is 6.43. The molecule has 2 aliphatic heterocycles. The molecule has 2 saturated heterocycles. The van der Waals surface area contributed by atoms with Crippen molar-refractivity contribution in [2.24, 2.45) is 5.92 Å². The smallest absolute Gasteiger partial charge is 0.355 e. The van der Waals surface area contributed by atoms with Gasteiger partial charge in [0.2, 0.25) is 5.91 Å². The van der Waals surface area contributed by atoms with E-state index >= 15 is 0 Å². The van der Waals surface area contributed by atoms with Crippen molar-refractivity contribution < 1.29 is 18.0 Å². The van der Waals surface area contributed by atoms with Gasteiger partial charge in [-0.2, -0.15) is 17.7 Å². The predicted octanol–water partition coefficient (Wildman–Crippen LogP) is 2.69. The van der Waals surface area contributed by atoms with Crippen LogP contribution < -0.4 is 4.90 Å². The molecule has 0 N–H and O–H groups in total. The molecule has 2 fully saturated rings. The number of anilines is 1. The molecule has 4 rings (SSSR count). The minimum absolute atomic E-state index is 0.0524. The Hall–Kier alpha value is -2.43. The Labute approximate surface area is 185 Å². The summed E-state index contributed by atoms with van der Waals surface area (Å²) in [6.45, 7) is 11.1. The van der Waals surface area contributed by atoms with Crippen LogP contribution in [0.15, 0.2) is 12.1 Å². The third kappa shape index (κ3) is 4.67. The monoisotopic (exact) mass is 453 g/mol. The zero-order valence-corrected chi connectivity index (χ0v) is 18.8. The maximum absolute atomic E-state index is 13.1. The number of hydrogen-bond donors (Lipinski definition) is 0. The topological polar surface area (TPSA) is 69.9 Å². The summed E-state index contributed by atoms with van der Waals surface area (Å²) in [5, 5.41) is 10.9. The van der Waals surface area contributed by atoms with Crippen molar-refractivity contribution >= 4 is 17.4 Å². The highest BCUT2D eigenvalue weighted by atomic mass is 19.4. The Bertz CT molecular complexity index is 960. The molecule has 32 heavy (non-hydrogen) atoms. The predicted molar refractivity (Wildman–Crippen MR) is 113 cm³/mol. The molecule has 2 aromatic heterocycles. The summed E-state index contributed by atoms with van der Waals surface area (Å²) in [5.74, 6) is -0.562. The van der Waals surface area contributed by atoms with Gasteiger partial charge in [-0.15, -0.1) is 15.3 Å². The van der Waals surface area contributed by atoms with Gasteiger partial charge in [-0.05, 0) is 52.2 Å². The van der Waals surface area contributed by atoms with Gasteiger partial charge in [0.1, 0.15) is 5.82 Å². The minimum Gasteiger partial charge on any atom is -0.355 e. The maximum atomic E-state index is 13.1. The molecule has 0 bridgehead atoms. The van der Waals surface area contributed by atoms with Crippen LogP contribution in [0.5, 0.6) is 0 Å². The SMILES string of the molecule is CC(C)(C)N1CCCN(C(=O)C2CCN(c3ccc4nnc(C(F)(F)F)n4n3)CC2)CC1. The van der Waals surface area contributed by atoms with Gasteiger partial charge in [0.25, 0.3) is 5.82 Å². The van der Waals surface area contributed by atoms with E-state index in [1.165, 1.54) is 6.07 Å². The third-order valence-electron chi connectivity index (χ3n) is 6.43. The quantitative estimate of drug-likeness (QED) is 0.697. The largest absolute Gasteiger partial charge is 0.453 e. The van der Waals surface area contributed by atoms with Crippen LogP contribution in [0.1, 0.15) is 45.9 Å². The van der Waals surface area contributed by atoms with Crippen LogP contribution in [-0.4, -0.2) is 80.3 Å². The number of alkyl halides is 3. The number of rotatable bonds is 2. The van der Waals surface area contributed by atoms with E-state index < -0.39 is 12.0 Å². The van der Waals surface area contributed by atoms with E-state index in [2.05, 4.69) is 41.0 Å². The molecule has 0 radical (unpaired) electrons. The molecule has 8 nitrogen and oxygen atoms in total. The van der Waals surface area contributed by atoms with Crippen LogP contribution in [0, 0.1) is 5.92 Å². The van der Waals surface area contributed by atoms with Gasteiger partial charge in [-0.25, -0.2) is 0 Å². The van der Waals surface area contributed by atoms with E-state index in [0.29, 0.717) is 31.7 Å². The summed E-state index contributed by atoms with van der Waals surface area (Å²) < 4.78 is 40.2. The van der Waals surface area contributed by atoms with Crippen molar-refractivity contribution in [1.82, 2.24) is 29.6 Å². The molecule has 0 aliphatic carbocycles. The van der Waals surface area contributed by atoms with Crippen LogP contribution in [0.25, 0.3) is 5.65 Å². The number of carbonyl (C=O) groups is 1. The molecular weight excluding hydrogens is 423 g/mol. The molecule has 176 valence electrons. The number of halogens is 3. The van der Waals surface area contributed by atoms with Crippen LogP contribution in [0.4, 0.5) is 19.0 Å². The number of hydrogen-bond acceptors (Lipinski definition) is 6. The van der Waals surface area contributed by atoms with Crippen molar-refractivity contribution in [2.45, 2.75) is 51.7 Å². The van der Waals surface area contributed by atoms with E-state index in [1.54, 1.807) is 6.07 Å². The molecule has 0 atom stereocenters. The lowest BCUT2D eigenvalue weighted by atomic mass is 9.95. The van der Waals surface area contributed by atoms with Gasteiger partial charge >= 0.3 is 6.18 Å². The molecule has 11 heteroatoms. The number of fused-ring (bicyclic) bond motifs is 1. The van der Waals surface area contributed by atoms with Crippen LogP contribution >= 0.6 is 0 Å². The molecule has 2 aliphatic rings. The van der Waals surface area contributed by atoms with Crippen LogP contribution in [0.3, 0.4) is 0 Å². The van der Waals surface area contributed by atoms with Crippen LogP contribution in [0.2, 0.25) is 0 Å². The molecule has 1 amide bonds. The molecule has 0 aromatic carbocycles. The summed E-state index contributed by atoms with van der Waals surface area (Å²) in [5.41, 5.74) is 0.145. The molecule has 4 heterocycles. The summed E-state index contributed by atoms with van der Waals surface area (Å²) in [6, 6.07) is 3.14. The number of carbonyl (C=O) groups excluding carboxylic acids is 1. The van der Waals surface area contributed by atoms with E-state index in [4.69, 9.17) is 0 Å². The van der Waals surface area contributed by atoms with Crippen molar-refractivity contribution in [1.29, 1.82) is 0 Å². The fourth-order valence-corrected chi connectivity index (χ4v) is 4.55. The maximum Gasteiger partial charge on any atom is 0.453 e. The summed E-state index contributed by atoms with van der Waals surface area (Å²) in [6.07, 6.45) is -2.34. The minimum atomic E-state index is -4.62. The number of amides is 1. The Kier molecular flexibility index (Phi) is 6.04. The lowest BCUT2D eigenvalue weighted by Gasteiger charge is -2.35. The number of aromatic nitrogens is 4. The van der Waals surface area contributed by atoms with Crippen LogP contribution in [-0.2, 0) is 11.0 Å². The van der Waals surface area contributed by atoms with Gasteiger partial charge in [0.05, 0.1) is 0 Å². The zero-order chi connectivity index (χ0) is 23.1. The fourth-order valence-electron chi connectivity index (χ4n) is 4.55. The summed E-state index contributed by atoms with van der Waals surface area (Å²) >= 11 is 0. The Morgan fingerprint density at radius 2 is 1.69 bits per heavy atom. The van der Waals surface area contributed by atoms with E-state index in [9.17, 15) is 18.0 Å². The summed E-state index contributed by atoms with van der Waals surface area (Å²) in [7, 11) is 0. The van der Waals surface area contributed by atoms with Gasteiger partial charge < -0.3 is 9.80 Å². The first kappa shape index (κ1) is 22.8. The normalized spacial score (nSPS) is 20.1. The summed E-state index contributed by atoms with van der Waals surface area (Å²) in [4.78, 5) is 19.5. The molecule has 2 aromatic rings. The van der Waals surface area contributed by atoms with E-state index in [-0.39, 0.29) is 23.0 Å². The molecule has 0 unspecified atom stereocenters. The number of nitrogens with zero attached hydrogens (tertiary/aromatic N) is 7. The first-order valence-electron chi connectivity index (χ1n) is 11.1. The number of piperidine rings is 1. The van der Waals surface area contributed by atoms with Crippen molar-refractivity contribution in [3.05, 3.63) is 18.0 Å². The van der Waals surface area contributed by atoms with Crippen molar-refractivity contribution in [3.63, 3.8) is 0 Å². The second kappa shape index (κ2) is 8.49. The second-order valence-electron chi connectivity index (χ2n) is 9.58. The molecule has 0 saturated carbocycles. The standard InChI is InChI=1S/C21H30F3N7O/c1-20(2,3)30-10-4-9-29(13-14-30)18(32)15-7-11-28(12-8-15)17-6-5-16-25-26-19(21(22,23)24)31(16)27-17/h5-6,15H,4,7-14H2,1-3H3. The Morgan fingerprint density at radius 1 is 0.969 bits per heavy atom. The average molecular weight is 454 g/mol. The fraction of sp³-hybridized carbons (Fsp3) is 0.714. The Morgan fingerprint density at radius 3 is 2.34 bits per heavy atom. The average Bonchev–Trinajstić information content (AvgIpc) is 3.00. The van der Waals surface area contributed by atoms with E-state index in [0.717, 1.165) is 37.1 Å². The van der Waals surface area contributed by atoms with Gasteiger partial charge in [-0.3, -0.25) is 9.69 Å². The van der Waals surface area contributed by atoms with Gasteiger partial charge in [0.15, 0.2) is 5.65 Å². The highest BCUT2D eigenvalue weighted by Gasteiger charge is 2.38. The lowest BCUT2D eigenvalue weighted by molar-refractivity contribution is -0.146. The first-order chi connectivity index (χ1) is 15.0. The van der Waals surface area contributed by atoms with Gasteiger partial charge in [-0.1, -0.05) is 0 Å². The molecular formula is C21H30F3N7O. The van der Waals surface area contributed by atoms with Gasteiger partial charge in [0, 0.05) is 50.7 Å². The van der Waals surface area contributed by atoms with Crippen molar-refractivity contribution in [2.75, 3.05) is 44.2 Å². The lowest BCUT2D eigenvalue weighted by Crippen LogP contribution is -2.46. The van der Waals surface area contributed by atoms with Crippen molar-refractivity contribution in [3.8, 4) is 0 Å². The molecule has 0 spiro atoms. The highest BCUT2D eigenvalue weighted by Crippen LogP contribution is 2.29. The second-order valence-corrected chi connectivity index (χ2v) is 9.58. The highest BCUT2D eigenvalue weighted by molar-refractivity contribution is 5.79. The zero-order valence-electron chi connectivity index (χ0n) is 18.8. The van der Waals surface area contributed by atoms with E-state index in [1.807, 2.05) is 9.80 Å². The Balaban J connectivity index is 1.38. The first-order valence-corrected chi connectivity index (χ1v) is 11.1.